The van der Waals surface area contributed by atoms with E-state index < -0.39 is 0 Å². The quantitative estimate of drug-likeness (QED) is 0.392. The number of allylic oxidation sites excluding steroid dienone is 12. The highest BCUT2D eigenvalue weighted by molar-refractivity contribution is 6.33. The van der Waals surface area contributed by atoms with E-state index in [-0.39, 0.29) is 5.92 Å². The minimum absolute atomic E-state index is 0.268. The van der Waals surface area contributed by atoms with E-state index in [0.29, 0.717) is 0 Å². The normalized spacial score (nSPS) is 18.7. The molecule has 3 aromatic carbocycles. The first-order valence-electron chi connectivity index (χ1n) is 10.9. The average Bonchev–Trinajstić information content (AvgIpc) is 2.85. The molecule has 0 aromatic heterocycles. The summed E-state index contributed by atoms with van der Waals surface area (Å²) in [7, 11) is 0. The Kier molecular flexibility index (Phi) is 4.67. The Labute approximate surface area is 193 Å². The summed E-state index contributed by atoms with van der Waals surface area (Å²) in [6, 6.07) is 27.5. The Morgan fingerprint density at radius 1 is 0.594 bits per heavy atom. The van der Waals surface area contributed by atoms with Gasteiger partial charge in [-0.15, -0.1) is 0 Å². The van der Waals surface area contributed by atoms with Crippen LogP contribution in [-0.2, 0) is 0 Å². The highest BCUT2D eigenvalue weighted by Gasteiger charge is 2.32. The summed E-state index contributed by atoms with van der Waals surface area (Å²) in [6.45, 7) is 0. The van der Waals surface area contributed by atoms with Crippen molar-refractivity contribution in [3.05, 3.63) is 154 Å². The highest BCUT2D eigenvalue weighted by Crippen LogP contribution is 2.49. The van der Waals surface area contributed by atoms with Gasteiger partial charge in [0.2, 0.25) is 0 Å². The average molecular weight is 429 g/mol. The lowest BCUT2D eigenvalue weighted by Gasteiger charge is -2.34. The van der Waals surface area contributed by atoms with Crippen molar-refractivity contribution in [3.63, 3.8) is 0 Å². The van der Waals surface area contributed by atoms with E-state index in [1.54, 1.807) is 0 Å². The van der Waals surface area contributed by atoms with Crippen LogP contribution in [0.1, 0.15) is 11.1 Å². The van der Waals surface area contributed by atoms with Gasteiger partial charge in [0.1, 0.15) is 0 Å². The molecule has 0 amide bonds. The first-order valence-corrected chi connectivity index (χ1v) is 11.3. The van der Waals surface area contributed by atoms with E-state index in [1.807, 2.05) is 18.2 Å². The van der Waals surface area contributed by atoms with Crippen LogP contribution >= 0.6 is 11.6 Å². The zero-order valence-corrected chi connectivity index (χ0v) is 18.3. The third kappa shape index (κ3) is 3.16. The molecule has 6 rings (SSSR count). The maximum atomic E-state index is 6.52. The van der Waals surface area contributed by atoms with E-state index in [0.717, 1.165) is 16.1 Å². The maximum absolute atomic E-state index is 6.52. The SMILES string of the molecule is Clc1ccccc1-c1cccc(C2=C3C(c4ccccc4)=CC=C4C=CC=C(C=C2)C43)c1. The molecule has 152 valence electrons. The lowest BCUT2D eigenvalue weighted by molar-refractivity contribution is 0.889. The van der Waals surface area contributed by atoms with Gasteiger partial charge in [-0.25, -0.2) is 0 Å². The summed E-state index contributed by atoms with van der Waals surface area (Å²) in [5, 5.41) is 0.775. The molecular weight excluding hydrogens is 408 g/mol. The molecule has 0 fully saturated rings. The highest BCUT2D eigenvalue weighted by atomic mass is 35.5. The monoisotopic (exact) mass is 428 g/mol. The van der Waals surface area contributed by atoms with Crippen molar-refractivity contribution in [2.75, 3.05) is 0 Å². The second kappa shape index (κ2) is 7.82. The minimum Gasteiger partial charge on any atom is -0.0837 e. The maximum Gasteiger partial charge on any atom is 0.0484 e. The number of benzene rings is 3. The van der Waals surface area contributed by atoms with E-state index in [1.165, 1.54) is 39.0 Å². The van der Waals surface area contributed by atoms with Crippen LogP contribution in [-0.4, -0.2) is 0 Å². The molecule has 0 N–H and O–H groups in total. The zero-order valence-electron chi connectivity index (χ0n) is 17.5. The molecular formula is C31H21Cl. The van der Waals surface area contributed by atoms with Gasteiger partial charge >= 0.3 is 0 Å². The van der Waals surface area contributed by atoms with Crippen molar-refractivity contribution in [3.8, 4) is 11.1 Å². The van der Waals surface area contributed by atoms with Crippen LogP contribution in [0.5, 0.6) is 0 Å². The minimum atomic E-state index is 0.268. The molecule has 32 heavy (non-hydrogen) atoms. The third-order valence-corrected chi connectivity index (χ3v) is 6.77. The second-order valence-corrected chi connectivity index (χ2v) is 8.70. The molecule has 3 aromatic rings. The fraction of sp³-hybridized carbons (Fsp3) is 0.0323. The molecule has 0 radical (unpaired) electrons. The molecule has 3 aliphatic carbocycles. The Morgan fingerprint density at radius 3 is 2.22 bits per heavy atom. The molecule has 1 atom stereocenters. The Balaban J connectivity index is 1.57. The largest absolute Gasteiger partial charge is 0.0837 e. The fourth-order valence-electron chi connectivity index (χ4n) is 4.96. The van der Waals surface area contributed by atoms with Gasteiger partial charge in [-0.1, -0.05) is 121 Å². The van der Waals surface area contributed by atoms with Gasteiger partial charge < -0.3 is 0 Å². The predicted octanol–water partition coefficient (Wildman–Crippen LogP) is 8.47. The van der Waals surface area contributed by atoms with E-state index in [2.05, 4.69) is 103 Å². The summed E-state index contributed by atoms with van der Waals surface area (Å²) in [6.07, 6.45) is 15.7. The van der Waals surface area contributed by atoms with E-state index in [4.69, 9.17) is 11.6 Å². The van der Waals surface area contributed by atoms with E-state index in [9.17, 15) is 0 Å². The smallest absolute Gasteiger partial charge is 0.0484 e. The van der Waals surface area contributed by atoms with Crippen LogP contribution in [0.4, 0.5) is 0 Å². The number of hydrogen-bond donors (Lipinski definition) is 0. The van der Waals surface area contributed by atoms with Crippen molar-refractivity contribution >= 4 is 22.7 Å². The zero-order chi connectivity index (χ0) is 21.5. The molecule has 0 heterocycles. The van der Waals surface area contributed by atoms with Gasteiger partial charge in [0.05, 0.1) is 0 Å². The Morgan fingerprint density at radius 2 is 1.34 bits per heavy atom. The first-order chi connectivity index (χ1) is 15.8. The summed E-state index contributed by atoms with van der Waals surface area (Å²) < 4.78 is 0. The Bertz CT molecular complexity index is 1410. The summed E-state index contributed by atoms with van der Waals surface area (Å²) in [5.74, 6) is 0.268. The van der Waals surface area contributed by atoms with Gasteiger partial charge in [-0.05, 0) is 56.7 Å². The van der Waals surface area contributed by atoms with Crippen molar-refractivity contribution < 1.29 is 0 Å². The third-order valence-electron chi connectivity index (χ3n) is 6.44. The van der Waals surface area contributed by atoms with Crippen LogP contribution < -0.4 is 0 Å². The lowest BCUT2D eigenvalue weighted by atomic mass is 9.69. The fourth-order valence-corrected chi connectivity index (χ4v) is 5.20. The van der Waals surface area contributed by atoms with Crippen LogP contribution in [0.2, 0.25) is 5.02 Å². The van der Waals surface area contributed by atoms with Crippen LogP contribution in [0.15, 0.2) is 138 Å². The predicted molar refractivity (Wildman–Crippen MR) is 136 cm³/mol. The Hall–Kier alpha value is -3.61. The van der Waals surface area contributed by atoms with Crippen molar-refractivity contribution in [2.45, 2.75) is 0 Å². The number of hydrogen-bond acceptors (Lipinski definition) is 0. The van der Waals surface area contributed by atoms with Crippen molar-refractivity contribution in [2.24, 2.45) is 5.92 Å². The van der Waals surface area contributed by atoms with Crippen LogP contribution in [0.3, 0.4) is 0 Å². The molecule has 0 saturated heterocycles. The summed E-state index contributed by atoms with van der Waals surface area (Å²) in [5.41, 5.74) is 11.3. The molecule has 1 unspecified atom stereocenters. The molecule has 0 spiro atoms. The summed E-state index contributed by atoms with van der Waals surface area (Å²) in [4.78, 5) is 0. The van der Waals surface area contributed by atoms with Gasteiger partial charge in [0.25, 0.3) is 0 Å². The van der Waals surface area contributed by atoms with Gasteiger partial charge in [-0.2, -0.15) is 0 Å². The molecule has 3 aliphatic rings. The molecule has 0 saturated carbocycles. The topological polar surface area (TPSA) is 0 Å². The molecule has 0 bridgehead atoms. The standard InChI is InChI=1S/C31H21Cl/c32-29-15-5-4-14-26(29)24-12-7-13-25(20-24)28-19-17-23-11-6-10-22-16-18-27(31(28)30(22)23)21-8-2-1-3-9-21/h1-20,30H. The lowest BCUT2D eigenvalue weighted by Crippen LogP contribution is -2.19. The van der Waals surface area contributed by atoms with Gasteiger partial charge in [0, 0.05) is 16.5 Å². The number of rotatable bonds is 3. The van der Waals surface area contributed by atoms with E-state index >= 15 is 0 Å². The second-order valence-electron chi connectivity index (χ2n) is 8.29. The van der Waals surface area contributed by atoms with Crippen molar-refractivity contribution in [1.29, 1.82) is 0 Å². The molecule has 0 nitrogen and oxygen atoms in total. The van der Waals surface area contributed by atoms with Crippen LogP contribution in [0, 0.1) is 5.92 Å². The summed E-state index contributed by atoms with van der Waals surface area (Å²) >= 11 is 6.52. The number of halogens is 1. The molecule has 0 aliphatic heterocycles. The molecule has 1 heteroatoms. The van der Waals surface area contributed by atoms with Crippen LogP contribution in [0.25, 0.3) is 22.3 Å². The first kappa shape index (κ1) is 19.1. The van der Waals surface area contributed by atoms with Gasteiger partial charge in [0.15, 0.2) is 0 Å². The van der Waals surface area contributed by atoms with Crippen molar-refractivity contribution in [1.82, 2.24) is 0 Å². The van der Waals surface area contributed by atoms with Gasteiger partial charge in [-0.3, -0.25) is 0 Å².